The predicted molar refractivity (Wildman–Crippen MR) is 54.9 cm³/mol. The summed E-state index contributed by atoms with van der Waals surface area (Å²) in [5, 5.41) is 3.28. The zero-order valence-electron chi connectivity index (χ0n) is 9.01. The molecule has 1 aliphatic heterocycles. The first-order valence-corrected chi connectivity index (χ1v) is 5.22. The van der Waals surface area contributed by atoms with E-state index in [1.165, 1.54) is 0 Å². The van der Waals surface area contributed by atoms with Crippen LogP contribution in [0.4, 0.5) is 0 Å². The van der Waals surface area contributed by atoms with E-state index in [1.807, 2.05) is 13.8 Å². The van der Waals surface area contributed by atoms with Crippen LogP contribution in [-0.2, 0) is 9.53 Å². The van der Waals surface area contributed by atoms with E-state index in [2.05, 4.69) is 5.32 Å². The lowest BCUT2D eigenvalue weighted by molar-refractivity contribution is -0.125. The number of hydrogen-bond donors (Lipinski definition) is 2. The Hall–Kier alpha value is -0.610. The average molecular weight is 200 g/mol. The van der Waals surface area contributed by atoms with Crippen LogP contribution in [0.2, 0.25) is 0 Å². The molecule has 4 heteroatoms. The Bertz CT molecular complexity index is 196. The number of primary amides is 1. The maximum Gasteiger partial charge on any atom is 0.237 e. The zero-order chi connectivity index (χ0) is 10.6. The van der Waals surface area contributed by atoms with Gasteiger partial charge < -0.3 is 15.8 Å². The number of amides is 1. The van der Waals surface area contributed by atoms with Crippen LogP contribution in [0, 0.1) is 0 Å². The molecule has 1 atom stereocenters. The van der Waals surface area contributed by atoms with Gasteiger partial charge >= 0.3 is 0 Å². The number of hydrogen-bond acceptors (Lipinski definition) is 3. The Morgan fingerprint density at radius 3 is 2.71 bits per heavy atom. The molecule has 0 aromatic heterocycles. The first-order valence-electron chi connectivity index (χ1n) is 5.22. The molecule has 82 valence electrons. The van der Waals surface area contributed by atoms with Crippen molar-refractivity contribution >= 4 is 5.91 Å². The minimum atomic E-state index is -0.551. The fraction of sp³-hybridized carbons (Fsp3) is 0.900. The molecule has 1 amide bonds. The summed E-state index contributed by atoms with van der Waals surface area (Å²) in [4.78, 5) is 11.5. The van der Waals surface area contributed by atoms with Crippen molar-refractivity contribution in [1.82, 2.24) is 5.32 Å². The second-order valence-corrected chi connectivity index (χ2v) is 4.21. The number of rotatable bonds is 3. The highest BCUT2D eigenvalue weighted by Crippen LogP contribution is 2.21. The van der Waals surface area contributed by atoms with Crippen LogP contribution in [0.1, 0.15) is 33.1 Å². The molecule has 14 heavy (non-hydrogen) atoms. The van der Waals surface area contributed by atoms with Crippen molar-refractivity contribution in [2.75, 3.05) is 13.2 Å². The largest absolute Gasteiger partial charge is 0.381 e. The van der Waals surface area contributed by atoms with Gasteiger partial charge in [-0.1, -0.05) is 0 Å². The average Bonchev–Trinajstić information content (AvgIpc) is 2.29. The van der Waals surface area contributed by atoms with E-state index in [4.69, 9.17) is 10.5 Å². The van der Waals surface area contributed by atoms with Crippen molar-refractivity contribution < 1.29 is 9.53 Å². The summed E-state index contributed by atoms with van der Waals surface area (Å²) >= 11 is 0. The summed E-state index contributed by atoms with van der Waals surface area (Å²) in [6, 6.07) is 0.264. The molecule has 0 aromatic carbocycles. The second-order valence-electron chi connectivity index (χ2n) is 4.21. The van der Waals surface area contributed by atoms with E-state index in [0.717, 1.165) is 19.4 Å². The van der Waals surface area contributed by atoms with E-state index >= 15 is 0 Å². The third-order valence-electron chi connectivity index (χ3n) is 2.60. The lowest BCUT2D eigenvalue weighted by Crippen LogP contribution is -2.57. The molecular weight excluding hydrogens is 180 g/mol. The monoisotopic (exact) mass is 200 g/mol. The van der Waals surface area contributed by atoms with Gasteiger partial charge in [0.2, 0.25) is 5.91 Å². The Kier molecular flexibility index (Phi) is 3.89. The van der Waals surface area contributed by atoms with Crippen LogP contribution >= 0.6 is 0 Å². The Morgan fingerprint density at radius 2 is 2.14 bits per heavy atom. The molecule has 1 fully saturated rings. The highest BCUT2D eigenvalue weighted by molar-refractivity contribution is 5.84. The molecule has 1 unspecified atom stereocenters. The SMILES string of the molecule is CC(C)NC1(C(N)=O)CCCOCC1. The molecule has 1 saturated heterocycles. The summed E-state index contributed by atoms with van der Waals surface area (Å²) < 4.78 is 5.33. The molecule has 1 aliphatic rings. The first kappa shape index (κ1) is 11.5. The lowest BCUT2D eigenvalue weighted by atomic mass is 9.89. The van der Waals surface area contributed by atoms with Gasteiger partial charge in [0.05, 0.1) is 0 Å². The molecule has 0 saturated carbocycles. The van der Waals surface area contributed by atoms with E-state index in [-0.39, 0.29) is 11.9 Å². The Morgan fingerprint density at radius 1 is 1.43 bits per heavy atom. The van der Waals surface area contributed by atoms with Gasteiger partial charge in [-0.25, -0.2) is 0 Å². The van der Waals surface area contributed by atoms with Gasteiger partial charge in [0.1, 0.15) is 5.54 Å². The standard InChI is InChI=1S/C10H20N2O2/c1-8(2)12-10(9(11)13)4-3-6-14-7-5-10/h8,12H,3-7H2,1-2H3,(H2,11,13). The zero-order valence-corrected chi connectivity index (χ0v) is 9.01. The van der Waals surface area contributed by atoms with Crippen molar-refractivity contribution in [2.45, 2.75) is 44.7 Å². The first-order chi connectivity index (χ1) is 6.57. The van der Waals surface area contributed by atoms with Gasteiger partial charge in [0.15, 0.2) is 0 Å². The lowest BCUT2D eigenvalue weighted by Gasteiger charge is -2.32. The molecule has 0 bridgehead atoms. The van der Waals surface area contributed by atoms with Gasteiger partial charge in [0.25, 0.3) is 0 Å². The molecule has 1 rings (SSSR count). The molecule has 0 radical (unpaired) electrons. The fourth-order valence-corrected chi connectivity index (χ4v) is 1.96. The molecule has 4 nitrogen and oxygen atoms in total. The number of carbonyl (C=O) groups is 1. The van der Waals surface area contributed by atoms with E-state index in [0.29, 0.717) is 13.0 Å². The number of ether oxygens (including phenoxy) is 1. The normalized spacial score (nSPS) is 28.8. The smallest absolute Gasteiger partial charge is 0.237 e. The predicted octanol–water partition coefficient (Wildman–Crippen LogP) is 0.409. The van der Waals surface area contributed by atoms with Crippen LogP contribution in [0.3, 0.4) is 0 Å². The van der Waals surface area contributed by atoms with Crippen LogP contribution in [0.25, 0.3) is 0 Å². The van der Waals surface area contributed by atoms with Crippen LogP contribution in [0.15, 0.2) is 0 Å². The number of carbonyl (C=O) groups excluding carboxylic acids is 1. The maximum absolute atomic E-state index is 11.5. The number of nitrogens with one attached hydrogen (secondary N) is 1. The van der Waals surface area contributed by atoms with Gasteiger partial charge in [-0.2, -0.15) is 0 Å². The second kappa shape index (κ2) is 4.75. The van der Waals surface area contributed by atoms with E-state index in [9.17, 15) is 4.79 Å². The number of nitrogens with two attached hydrogens (primary N) is 1. The van der Waals surface area contributed by atoms with Crippen molar-refractivity contribution in [1.29, 1.82) is 0 Å². The molecule has 0 aliphatic carbocycles. The summed E-state index contributed by atoms with van der Waals surface area (Å²) in [6.07, 6.45) is 2.35. The highest BCUT2D eigenvalue weighted by atomic mass is 16.5. The van der Waals surface area contributed by atoms with Crippen molar-refractivity contribution in [3.8, 4) is 0 Å². The molecule has 3 N–H and O–H groups in total. The highest BCUT2D eigenvalue weighted by Gasteiger charge is 2.37. The Labute approximate surface area is 85.2 Å². The summed E-state index contributed by atoms with van der Waals surface area (Å²) in [5.74, 6) is -0.253. The van der Waals surface area contributed by atoms with Crippen LogP contribution in [-0.4, -0.2) is 30.7 Å². The van der Waals surface area contributed by atoms with Gasteiger partial charge in [0, 0.05) is 19.3 Å². The minimum absolute atomic E-state index is 0.253. The summed E-state index contributed by atoms with van der Waals surface area (Å²) in [7, 11) is 0. The van der Waals surface area contributed by atoms with Crippen LogP contribution < -0.4 is 11.1 Å². The van der Waals surface area contributed by atoms with E-state index < -0.39 is 5.54 Å². The van der Waals surface area contributed by atoms with E-state index in [1.54, 1.807) is 0 Å². The van der Waals surface area contributed by atoms with Crippen molar-refractivity contribution in [3.05, 3.63) is 0 Å². The van der Waals surface area contributed by atoms with Crippen molar-refractivity contribution in [2.24, 2.45) is 5.73 Å². The molecule has 0 spiro atoms. The minimum Gasteiger partial charge on any atom is -0.381 e. The summed E-state index contributed by atoms with van der Waals surface area (Å²) in [6.45, 7) is 5.39. The third kappa shape index (κ3) is 2.69. The van der Waals surface area contributed by atoms with Crippen molar-refractivity contribution in [3.63, 3.8) is 0 Å². The van der Waals surface area contributed by atoms with Gasteiger partial charge in [-0.15, -0.1) is 0 Å². The molecular formula is C10H20N2O2. The third-order valence-corrected chi connectivity index (χ3v) is 2.60. The molecule has 0 aromatic rings. The topological polar surface area (TPSA) is 64.3 Å². The summed E-state index contributed by atoms with van der Waals surface area (Å²) in [5.41, 5.74) is 4.91. The van der Waals surface area contributed by atoms with Crippen LogP contribution in [0.5, 0.6) is 0 Å². The fourth-order valence-electron chi connectivity index (χ4n) is 1.96. The quantitative estimate of drug-likeness (QED) is 0.693. The van der Waals surface area contributed by atoms with Gasteiger partial charge in [-0.05, 0) is 33.1 Å². The maximum atomic E-state index is 11.5. The Balaban J connectivity index is 2.72. The van der Waals surface area contributed by atoms with Gasteiger partial charge in [-0.3, -0.25) is 4.79 Å². The molecule has 1 heterocycles.